The van der Waals surface area contributed by atoms with Crippen molar-refractivity contribution >= 4 is 11.6 Å². The third kappa shape index (κ3) is 1.71. The minimum absolute atomic E-state index is 0.0116. The van der Waals surface area contributed by atoms with E-state index in [0.717, 1.165) is 23.4 Å². The van der Waals surface area contributed by atoms with Gasteiger partial charge in [-0.3, -0.25) is 0 Å². The summed E-state index contributed by atoms with van der Waals surface area (Å²) in [7, 11) is 0. The summed E-state index contributed by atoms with van der Waals surface area (Å²) in [6, 6.07) is 7.94. The molecule has 0 heterocycles. The first-order chi connectivity index (χ1) is 8.78. The molecular formula is C17H23ClO. The fraction of sp³-hybridized carbons (Fsp3) is 0.647. The molecular weight excluding hydrogens is 256 g/mol. The van der Waals surface area contributed by atoms with Crippen molar-refractivity contribution < 1.29 is 5.11 Å². The average molecular weight is 279 g/mol. The van der Waals surface area contributed by atoms with Crippen molar-refractivity contribution in [3.05, 3.63) is 34.9 Å². The first-order valence-corrected chi connectivity index (χ1v) is 7.63. The lowest BCUT2D eigenvalue weighted by molar-refractivity contribution is -0.141. The molecule has 1 nitrogen and oxygen atoms in total. The molecule has 1 aromatic carbocycles. The molecule has 3 unspecified atom stereocenters. The van der Waals surface area contributed by atoms with Gasteiger partial charge in [0.2, 0.25) is 0 Å². The topological polar surface area (TPSA) is 20.2 Å². The number of halogens is 1. The first-order valence-electron chi connectivity index (χ1n) is 7.25. The lowest BCUT2D eigenvalue weighted by Gasteiger charge is -2.51. The molecule has 1 aromatic rings. The monoisotopic (exact) mass is 278 g/mol. The molecule has 2 heteroatoms. The number of rotatable bonds is 2. The molecule has 0 amide bonds. The molecule has 0 spiro atoms. The molecule has 0 aromatic heterocycles. The summed E-state index contributed by atoms with van der Waals surface area (Å²) < 4.78 is 0. The van der Waals surface area contributed by atoms with E-state index in [1.165, 1.54) is 6.42 Å². The largest absolute Gasteiger partial charge is 0.388 e. The summed E-state index contributed by atoms with van der Waals surface area (Å²) in [5.74, 6) is 0.654. The molecule has 2 aliphatic carbocycles. The van der Waals surface area contributed by atoms with E-state index in [2.05, 4.69) is 26.8 Å². The van der Waals surface area contributed by atoms with E-state index in [1.807, 2.05) is 18.2 Å². The van der Waals surface area contributed by atoms with Crippen LogP contribution in [0, 0.1) is 16.7 Å². The van der Waals surface area contributed by atoms with E-state index in [-0.39, 0.29) is 10.8 Å². The Balaban J connectivity index is 1.98. The van der Waals surface area contributed by atoms with Crippen LogP contribution < -0.4 is 0 Å². The van der Waals surface area contributed by atoms with Gasteiger partial charge in [-0.1, -0.05) is 44.5 Å². The van der Waals surface area contributed by atoms with Crippen LogP contribution in [0.25, 0.3) is 0 Å². The third-order valence-electron chi connectivity index (χ3n) is 6.18. The Hall–Kier alpha value is -0.530. The minimum atomic E-state index is -0.617. The molecule has 0 radical (unpaired) electrons. The van der Waals surface area contributed by atoms with Gasteiger partial charge < -0.3 is 5.11 Å². The summed E-state index contributed by atoms with van der Waals surface area (Å²) in [5.41, 5.74) is 0.580. The summed E-state index contributed by atoms with van der Waals surface area (Å²) in [6.07, 6.45) is 4.30. The molecule has 2 fully saturated rings. The zero-order chi connectivity index (χ0) is 13.9. The predicted octanol–water partition coefficient (Wildman–Crippen LogP) is 4.46. The van der Waals surface area contributed by atoms with Gasteiger partial charge in [0.1, 0.15) is 0 Å². The van der Waals surface area contributed by atoms with Crippen molar-refractivity contribution in [1.82, 2.24) is 0 Å². The van der Waals surface area contributed by atoms with Gasteiger partial charge in [-0.25, -0.2) is 0 Å². The van der Waals surface area contributed by atoms with Crippen molar-refractivity contribution in [3.63, 3.8) is 0 Å². The van der Waals surface area contributed by atoms with Gasteiger partial charge in [-0.2, -0.15) is 0 Å². The molecule has 2 bridgehead atoms. The van der Waals surface area contributed by atoms with Gasteiger partial charge >= 0.3 is 0 Å². The van der Waals surface area contributed by atoms with Gasteiger partial charge in [-0.15, -0.1) is 0 Å². The Bertz CT molecular complexity index is 503. The maximum absolute atomic E-state index is 11.5. The summed E-state index contributed by atoms with van der Waals surface area (Å²) in [6.45, 7) is 6.76. The fourth-order valence-electron chi connectivity index (χ4n) is 4.73. The predicted molar refractivity (Wildman–Crippen MR) is 79.3 cm³/mol. The fourth-order valence-corrected chi connectivity index (χ4v) is 4.94. The highest BCUT2D eigenvalue weighted by atomic mass is 35.5. The van der Waals surface area contributed by atoms with E-state index in [4.69, 9.17) is 11.6 Å². The van der Waals surface area contributed by atoms with E-state index in [0.29, 0.717) is 12.3 Å². The Kier molecular flexibility index (Phi) is 2.82. The van der Waals surface area contributed by atoms with Crippen molar-refractivity contribution in [2.45, 2.75) is 52.1 Å². The summed E-state index contributed by atoms with van der Waals surface area (Å²) >= 11 is 6.08. The third-order valence-corrected chi connectivity index (χ3v) is 6.41. The first kappa shape index (κ1) is 13.5. The van der Waals surface area contributed by atoms with Crippen LogP contribution in [0.1, 0.15) is 45.6 Å². The summed E-state index contributed by atoms with van der Waals surface area (Å²) in [4.78, 5) is 0. The molecule has 0 saturated heterocycles. The van der Waals surface area contributed by atoms with Gasteiger partial charge in [0.25, 0.3) is 0 Å². The van der Waals surface area contributed by atoms with E-state index < -0.39 is 5.60 Å². The molecule has 2 saturated carbocycles. The molecule has 104 valence electrons. The van der Waals surface area contributed by atoms with Crippen LogP contribution in [0.15, 0.2) is 24.3 Å². The molecule has 0 aliphatic heterocycles. The zero-order valence-corrected chi connectivity index (χ0v) is 12.8. The maximum Gasteiger partial charge on any atom is 0.0794 e. The lowest BCUT2D eigenvalue weighted by Crippen LogP contribution is -2.55. The molecule has 1 N–H and O–H groups in total. The van der Waals surface area contributed by atoms with Crippen molar-refractivity contribution in [2.24, 2.45) is 16.7 Å². The van der Waals surface area contributed by atoms with Crippen LogP contribution in [-0.4, -0.2) is 10.7 Å². The van der Waals surface area contributed by atoms with Gasteiger partial charge in [0, 0.05) is 11.4 Å². The Morgan fingerprint density at radius 1 is 1.32 bits per heavy atom. The van der Waals surface area contributed by atoms with Crippen molar-refractivity contribution in [1.29, 1.82) is 0 Å². The lowest BCUT2D eigenvalue weighted by atomic mass is 9.58. The van der Waals surface area contributed by atoms with Crippen molar-refractivity contribution in [3.8, 4) is 0 Å². The zero-order valence-electron chi connectivity index (χ0n) is 12.0. The van der Waals surface area contributed by atoms with Gasteiger partial charge in [0.05, 0.1) is 5.60 Å². The second-order valence-electron chi connectivity index (χ2n) is 7.39. The Morgan fingerprint density at radius 3 is 2.63 bits per heavy atom. The van der Waals surface area contributed by atoms with Crippen molar-refractivity contribution in [2.75, 3.05) is 0 Å². The normalized spacial score (nSPS) is 39.7. The summed E-state index contributed by atoms with van der Waals surface area (Å²) in [5, 5.41) is 12.2. The molecule has 19 heavy (non-hydrogen) atoms. The smallest absolute Gasteiger partial charge is 0.0794 e. The van der Waals surface area contributed by atoms with Crippen LogP contribution in [0.3, 0.4) is 0 Å². The highest BCUT2D eigenvalue weighted by Crippen LogP contribution is 2.68. The number of hydrogen-bond donors (Lipinski definition) is 1. The number of benzene rings is 1. The highest BCUT2D eigenvalue weighted by molar-refractivity contribution is 6.30. The molecule has 3 atom stereocenters. The Morgan fingerprint density at radius 2 is 2.05 bits per heavy atom. The van der Waals surface area contributed by atoms with Crippen LogP contribution in [0.4, 0.5) is 0 Å². The average Bonchev–Trinajstić information content (AvgIpc) is 2.78. The van der Waals surface area contributed by atoms with Crippen LogP contribution in [0.5, 0.6) is 0 Å². The number of hydrogen-bond acceptors (Lipinski definition) is 1. The van der Waals surface area contributed by atoms with Crippen LogP contribution in [0.2, 0.25) is 5.02 Å². The maximum atomic E-state index is 11.5. The van der Waals surface area contributed by atoms with Gasteiger partial charge in [0.15, 0.2) is 0 Å². The quantitative estimate of drug-likeness (QED) is 0.847. The van der Waals surface area contributed by atoms with Crippen LogP contribution in [-0.2, 0) is 6.42 Å². The Labute approximate surface area is 121 Å². The molecule has 3 rings (SSSR count). The van der Waals surface area contributed by atoms with Crippen LogP contribution >= 0.6 is 11.6 Å². The van der Waals surface area contributed by atoms with E-state index in [1.54, 1.807) is 0 Å². The number of aliphatic hydroxyl groups is 1. The number of fused-ring (bicyclic) bond motifs is 2. The van der Waals surface area contributed by atoms with E-state index >= 15 is 0 Å². The minimum Gasteiger partial charge on any atom is -0.388 e. The van der Waals surface area contributed by atoms with E-state index in [9.17, 15) is 5.11 Å². The SMILES string of the molecule is CC12CCC(C1)C(C)(C)C2(O)Cc1cccc(Cl)c1. The second-order valence-corrected chi connectivity index (χ2v) is 7.83. The second kappa shape index (κ2) is 3.99. The standard InChI is InChI=1S/C17H23ClO/c1-15(2)13-7-8-16(3,11-13)17(15,19)10-12-5-4-6-14(18)9-12/h4-6,9,13,19H,7-8,10-11H2,1-3H3. The molecule has 2 aliphatic rings. The van der Waals surface area contributed by atoms with Gasteiger partial charge in [-0.05, 0) is 53.7 Å². The highest BCUT2D eigenvalue weighted by Gasteiger charge is 2.67.